The summed E-state index contributed by atoms with van der Waals surface area (Å²) in [6.45, 7) is 1.31. The van der Waals surface area contributed by atoms with Gasteiger partial charge in [-0.05, 0) is 19.8 Å². The maximum Gasteiger partial charge on any atom is 0.326 e. The lowest BCUT2D eigenvalue weighted by molar-refractivity contribution is -0.144. The van der Waals surface area contributed by atoms with Gasteiger partial charge in [0.05, 0.1) is 25.0 Å². The van der Waals surface area contributed by atoms with E-state index >= 15 is 0 Å². The Morgan fingerprint density at radius 3 is 1.80 bits per heavy atom. The fourth-order valence-electron chi connectivity index (χ4n) is 2.66. The van der Waals surface area contributed by atoms with Crippen LogP contribution in [0.2, 0.25) is 0 Å². The maximum atomic E-state index is 12.7. The summed E-state index contributed by atoms with van der Waals surface area (Å²) in [5.41, 5.74) is 26.2. The second-order valence-electron chi connectivity index (χ2n) is 7.58. The van der Waals surface area contributed by atoms with Crippen LogP contribution < -0.4 is 44.6 Å². The molecule has 0 aliphatic heterocycles. The van der Waals surface area contributed by atoms with Gasteiger partial charge in [-0.3, -0.25) is 29.0 Å². The van der Waals surface area contributed by atoms with E-state index in [1.54, 1.807) is 0 Å². The standard InChI is InChI=1S/C18H33N9O8/c1-7(28)13(16(33)26-10(17(34)35)6-12(21)30)27-15(32)9(5-11(20)29)25-14(31)8(19)3-2-4-24-18(22)23/h7-10,13,28H,2-6,19H2,1H3,(H2,20,29)(H2,21,30)(H,25,31)(H,26,33)(H,27,32)(H,34,35)(H4,22,23,24). The zero-order valence-corrected chi connectivity index (χ0v) is 19.1. The number of carbonyl (C=O) groups excluding carboxylic acids is 5. The number of aliphatic carboxylic acids is 1. The van der Waals surface area contributed by atoms with Gasteiger partial charge in [0.15, 0.2) is 5.96 Å². The summed E-state index contributed by atoms with van der Waals surface area (Å²) < 4.78 is 0. The number of amides is 5. The third-order valence-electron chi connectivity index (χ3n) is 4.43. The van der Waals surface area contributed by atoms with Crippen LogP contribution in [0.15, 0.2) is 4.99 Å². The largest absolute Gasteiger partial charge is 0.480 e. The summed E-state index contributed by atoms with van der Waals surface area (Å²) >= 11 is 0. The Bertz CT molecular complexity index is 829. The number of aliphatic hydroxyl groups excluding tert-OH is 1. The van der Waals surface area contributed by atoms with Crippen LogP contribution in [0.3, 0.4) is 0 Å². The van der Waals surface area contributed by atoms with Crippen molar-refractivity contribution in [2.75, 3.05) is 6.54 Å². The summed E-state index contributed by atoms with van der Waals surface area (Å²) in [6.07, 6.45) is -2.51. The van der Waals surface area contributed by atoms with E-state index in [9.17, 15) is 33.9 Å². The Labute approximate surface area is 200 Å². The quantitative estimate of drug-likeness (QED) is 0.0536. The second-order valence-corrected chi connectivity index (χ2v) is 7.58. The molecule has 198 valence electrons. The highest BCUT2D eigenvalue weighted by Crippen LogP contribution is 2.02. The molecule has 0 aliphatic rings. The fourth-order valence-corrected chi connectivity index (χ4v) is 2.66. The van der Waals surface area contributed by atoms with E-state index in [4.69, 9.17) is 33.8 Å². The van der Waals surface area contributed by atoms with Gasteiger partial charge in [0, 0.05) is 6.54 Å². The zero-order chi connectivity index (χ0) is 27.3. The Morgan fingerprint density at radius 1 is 0.829 bits per heavy atom. The molecule has 0 aliphatic carbocycles. The number of carboxylic acids is 1. The summed E-state index contributed by atoms with van der Waals surface area (Å²) in [5, 5.41) is 25.3. The number of aliphatic imine (C=N–C) groups is 1. The van der Waals surface area contributed by atoms with Gasteiger partial charge >= 0.3 is 5.97 Å². The molecule has 5 amide bonds. The lowest BCUT2D eigenvalue weighted by Crippen LogP contribution is -2.60. The molecule has 0 saturated heterocycles. The van der Waals surface area contributed by atoms with Crippen molar-refractivity contribution in [1.29, 1.82) is 0 Å². The summed E-state index contributed by atoms with van der Waals surface area (Å²) in [5.74, 6) is -6.79. The summed E-state index contributed by atoms with van der Waals surface area (Å²) in [6, 6.07) is -6.12. The predicted molar refractivity (Wildman–Crippen MR) is 121 cm³/mol. The molecule has 0 radical (unpaired) electrons. The number of hydrogen-bond donors (Lipinski definition) is 10. The van der Waals surface area contributed by atoms with Gasteiger partial charge < -0.3 is 54.8 Å². The SMILES string of the molecule is CC(O)C(NC(=O)C(CC(N)=O)NC(=O)C(N)CCCN=C(N)N)C(=O)NC(CC(N)=O)C(=O)O. The maximum absolute atomic E-state index is 12.7. The molecule has 0 saturated carbocycles. The second kappa shape index (κ2) is 15.0. The molecule has 5 unspecified atom stereocenters. The molecule has 0 fully saturated rings. The smallest absolute Gasteiger partial charge is 0.326 e. The molecule has 15 N–H and O–H groups in total. The van der Waals surface area contributed by atoms with E-state index in [-0.39, 0.29) is 18.9 Å². The van der Waals surface area contributed by atoms with Crippen molar-refractivity contribution < 1.29 is 39.0 Å². The Kier molecular flexibility index (Phi) is 13.3. The van der Waals surface area contributed by atoms with Crippen molar-refractivity contribution in [3.63, 3.8) is 0 Å². The van der Waals surface area contributed by atoms with Crippen LogP contribution in [0.5, 0.6) is 0 Å². The van der Waals surface area contributed by atoms with Crippen LogP contribution in [-0.4, -0.2) is 88.5 Å². The van der Waals surface area contributed by atoms with E-state index in [2.05, 4.69) is 15.6 Å². The number of guanidine groups is 1. The number of rotatable bonds is 16. The van der Waals surface area contributed by atoms with Gasteiger partial charge in [-0.2, -0.15) is 0 Å². The van der Waals surface area contributed by atoms with Gasteiger partial charge in [0.2, 0.25) is 29.5 Å². The molecule has 0 aromatic carbocycles. The van der Waals surface area contributed by atoms with Crippen molar-refractivity contribution in [3.05, 3.63) is 0 Å². The van der Waals surface area contributed by atoms with E-state index in [0.29, 0.717) is 6.42 Å². The first-order chi connectivity index (χ1) is 16.1. The number of nitrogens with zero attached hydrogens (tertiary/aromatic N) is 1. The van der Waals surface area contributed by atoms with Gasteiger partial charge in [-0.15, -0.1) is 0 Å². The van der Waals surface area contributed by atoms with Crippen LogP contribution in [0.25, 0.3) is 0 Å². The van der Waals surface area contributed by atoms with Crippen molar-refractivity contribution >= 4 is 41.5 Å². The molecular weight excluding hydrogens is 470 g/mol. The number of hydrogen-bond acceptors (Lipinski definition) is 9. The minimum absolute atomic E-state index is 0.128. The third-order valence-corrected chi connectivity index (χ3v) is 4.43. The molecule has 0 bridgehead atoms. The molecule has 0 aromatic rings. The molecule has 17 heteroatoms. The number of carboxylic acid groups (broad SMARTS) is 1. The zero-order valence-electron chi connectivity index (χ0n) is 19.1. The topological polar surface area (TPSA) is 321 Å². The van der Waals surface area contributed by atoms with Crippen LogP contribution >= 0.6 is 0 Å². The Hall–Kier alpha value is -3.99. The average Bonchev–Trinajstić information content (AvgIpc) is 2.72. The van der Waals surface area contributed by atoms with Crippen molar-refractivity contribution in [2.45, 2.75) is 62.9 Å². The third kappa shape index (κ3) is 12.7. The van der Waals surface area contributed by atoms with E-state index in [0.717, 1.165) is 6.92 Å². The number of primary amides is 2. The molecule has 0 rings (SSSR count). The first-order valence-electron chi connectivity index (χ1n) is 10.3. The van der Waals surface area contributed by atoms with Crippen LogP contribution in [0, 0.1) is 0 Å². The monoisotopic (exact) mass is 503 g/mol. The van der Waals surface area contributed by atoms with Crippen LogP contribution in [-0.2, 0) is 28.8 Å². The number of nitrogens with one attached hydrogen (secondary N) is 3. The highest BCUT2D eigenvalue weighted by molar-refractivity contribution is 5.96. The lowest BCUT2D eigenvalue weighted by atomic mass is 10.1. The molecule has 17 nitrogen and oxygen atoms in total. The predicted octanol–water partition coefficient (Wildman–Crippen LogP) is -5.96. The van der Waals surface area contributed by atoms with Gasteiger partial charge in [-0.25, -0.2) is 4.79 Å². The average molecular weight is 504 g/mol. The van der Waals surface area contributed by atoms with E-state index in [1.165, 1.54) is 0 Å². The molecule has 0 aromatic heterocycles. The van der Waals surface area contributed by atoms with Crippen molar-refractivity contribution in [1.82, 2.24) is 16.0 Å². The van der Waals surface area contributed by atoms with Crippen LogP contribution in [0.4, 0.5) is 0 Å². The molecular formula is C18H33N9O8. The lowest BCUT2D eigenvalue weighted by Gasteiger charge is -2.26. The van der Waals surface area contributed by atoms with Crippen molar-refractivity contribution in [3.8, 4) is 0 Å². The molecule has 35 heavy (non-hydrogen) atoms. The molecule has 5 atom stereocenters. The first kappa shape index (κ1) is 31.0. The summed E-state index contributed by atoms with van der Waals surface area (Å²) in [7, 11) is 0. The van der Waals surface area contributed by atoms with Crippen LogP contribution in [0.1, 0.15) is 32.6 Å². The molecule has 0 spiro atoms. The highest BCUT2D eigenvalue weighted by Gasteiger charge is 2.33. The van der Waals surface area contributed by atoms with Gasteiger partial charge in [-0.1, -0.05) is 0 Å². The number of nitrogens with two attached hydrogens (primary N) is 5. The Balaban J connectivity index is 5.36. The van der Waals surface area contributed by atoms with Gasteiger partial charge in [0.1, 0.15) is 18.1 Å². The van der Waals surface area contributed by atoms with Crippen molar-refractivity contribution in [2.24, 2.45) is 33.7 Å². The molecule has 0 heterocycles. The number of aliphatic hydroxyl groups is 1. The van der Waals surface area contributed by atoms with Gasteiger partial charge in [0.25, 0.3) is 0 Å². The minimum Gasteiger partial charge on any atom is -0.480 e. The normalized spacial score (nSPS) is 14.8. The minimum atomic E-state index is -1.73. The van der Waals surface area contributed by atoms with E-state index in [1.807, 2.05) is 5.32 Å². The van der Waals surface area contributed by atoms with E-state index < -0.39 is 78.6 Å². The summed E-state index contributed by atoms with van der Waals surface area (Å²) in [4.78, 5) is 74.9. The number of carbonyl (C=O) groups is 6. The highest BCUT2D eigenvalue weighted by atomic mass is 16.4. The first-order valence-corrected chi connectivity index (χ1v) is 10.3. The Morgan fingerprint density at radius 2 is 1.34 bits per heavy atom. The fraction of sp³-hybridized carbons (Fsp3) is 0.611.